The topological polar surface area (TPSA) is 66.4 Å². The first-order valence-corrected chi connectivity index (χ1v) is 6.36. The van der Waals surface area contributed by atoms with Crippen LogP contribution in [0, 0.1) is 0 Å². The summed E-state index contributed by atoms with van der Waals surface area (Å²) in [7, 11) is 0. The van der Waals surface area contributed by atoms with Crippen LogP contribution in [0.4, 0.5) is 5.95 Å². The molecule has 2 heterocycles. The Bertz CT molecular complexity index is 464. The third-order valence-corrected chi connectivity index (χ3v) is 3.15. The zero-order valence-corrected chi connectivity index (χ0v) is 11.3. The predicted octanol–water partition coefficient (Wildman–Crippen LogP) is 0.390. The van der Waals surface area contributed by atoms with E-state index in [2.05, 4.69) is 19.8 Å². The minimum Gasteiger partial charge on any atom is -0.338 e. The lowest BCUT2D eigenvalue weighted by molar-refractivity contribution is -0.118. The molecular weight excluding hydrogens is 244 g/mol. The van der Waals surface area contributed by atoms with Gasteiger partial charge in [-0.05, 0) is 13.8 Å². The van der Waals surface area contributed by atoms with Crippen molar-refractivity contribution in [3.05, 3.63) is 18.0 Å². The van der Waals surface area contributed by atoms with Crippen LogP contribution in [-0.4, -0.2) is 59.2 Å². The van der Waals surface area contributed by atoms with E-state index in [1.54, 1.807) is 19.3 Å². The average molecular weight is 262 g/mol. The van der Waals surface area contributed by atoms with Gasteiger partial charge in [-0.3, -0.25) is 14.5 Å². The van der Waals surface area contributed by atoms with E-state index in [-0.39, 0.29) is 11.6 Å². The lowest BCUT2D eigenvalue weighted by Crippen LogP contribution is -2.48. The molecule has 1 fully saturated rings. The number of hydrogen-bond donors (Lipinski definition) is 0. The summed E-state index contributed by atoms with van der Waals surface area (Å²) in [5.41, 5.74) is 0.527. The van der Waals surface area contributed by atoms with Crippen LogP contribution in [-0.2, 0) is 4.79 Å². The van der Waals surface area contributed by atoms with Gasteiger partial charge in [0.05, 0.1) is 12.1 Å². The number of carbonyl (C=O) groups excluding carboxylic acids is 2. The molecule has 1 aliphatic rings. The Balaban J connectivity index is 1.94. The fourth-order valence-corrected chi connectivity index (χ4v) is 2.09. The first-order chi connectivity index (χ1) is 9.06. The SMILES string of the molecule is CC(=O)CN1CCN(c2ncc(C(C)=O)cn2)CC1. The molecular formula is C13H18N4O2. The van der Waals surface area contributed by atoms with Crippen LogP contribution >= 0.6 is 0 Å². The van der Waals surface area contributed by atoms with E-state index in [0.717, 1.165) is 26.2 Å². The van der Waals surface area contributed by atoms with Crippen LogP contribution in [0.1, 0.15) is 24.2 Å². The summed E-state index contributed by atoms with van der Waals surface area (Å²) in [6.07, 6.45) is 3.12. The van der Waals surface area contributed by atoms with Gasteiger partial charge in [0.2, 0.25) is 5.95 Å². The quantitative estimate of drug-likeness (QED) is 0.731. The highest BCUT2D eigenvalue weighted by Gasteiger charge is 2.19. The van der Waals surface area contributed by atoms with Gasteiger partial charge in [0.15, 0.2) is 5.78 Å². The van der Waals surface area contributed by atoms with Crippen LogP contribution in [0.2, 0.25) is 0 Å². The molecule has 0 radical (unpaired) electrons. The molecule has 0 bridgehead atoms. The van der Waals surface area contributed by atoms with Crippen LogP contribution in [0.5, 0.6) is 0 Å². The van der Waals surface area contributed by atoms with Crippen molar-refractivity contribution in [3.8, 4) is 0 Å². The molecule has 1 saturated heterocycles. The van der Waals surface area contributed by atoms with E-state index in [1.165, 1.54) is 6.92 Å². The Labute approximate surface area is 112 Å². The van der Waals surface area contributed by atoms with E-state index < -0.39 is 0 Å². The monoisotopic (exact) mass is 262 g/mol. The first kappa shape index (κ1) is 13.6. The number of nitrogens with zero attached hydrogens (tertiary/aromatic N) is 4. The maximum absolute atomic E-state index is 11.1. The summed E-state index contributed by atoms with van der Waals surface area (Å²) in [4.78, 5) is 34.8. The van der Waals surface area contributed by atoms with E-state index in [9.17, 15) is 9.59 Å². The Morgan fingerprint density at radius 3 is 2.16 bits per heavy atom. The number of ketones is 2. The molecule has 0 aliphatic carbocycles. The molecule has 1 aromatic heterocycles. The van der Waals surface area contributed by atoms with Crippen molar-refractivity contribution in [2.45, 2.75) is 13.8 Å². The predicted molar refractivity (Wildman–Crippen MR) is 71.4 cm³/mol. The van der Waals surface area contributed by atoms with Crippen LogP contribution < -0.4 is 4.90 Å². The van der Waals surface area contributed by atoms with Crippen molar-refractivity contribution < 1.29 is 9.59 Å². The van der Waals surface area contributed by atoms with Gasteiger partial charge < -0.3 is 4.90 Å². The summed E-state index contributed by atoms with van der Waals surface area (Å²) in [6, 6.07) is 0. The average Bonchev–Trinajstić information content (AvgIpc) is 2.39. The molecule has 19 heavy (non-hydrogen) atoms. The Kier molecular flexibility index (Phi) is 4.21. The molecule has 102 valence electrons. The van der Waals surface area contributed by atoms with Crippen molar-refractivity contribution in [2.75, 3.05) is 37.6 Å². The second kappa shape index (κ2) is 5.88. The van der Waals surface area contributed by atoms with Crippen molar-refractivity contribution in [3.63, 3.8) is 0 Å². The zero-order chi connectivity index (χ0) is 13.8. The number of Topliss-reactive ketones (excluding diaryl/α,β-unsaturated/α-hetero) is 2. The number of anilines is 1. The Hall–Kier alpha value is -1.82. The van der Waals surface area contributed by atoms with Gasteiger partial charge in [0.1, 0.15) is 5.78 Å². The maximum atomic E-state index is 11.1. The molecule has 0 amide bonds. The standard InChI is InChI=1S/C13H18N4O2/c1-10(18)9-16-3-5-17(6-4-16)13-14-7-12(8-15-13)11(2)19/h7-8H,3-6,9H2,1-2H3. The second-order valence-corrected chi connectivity index (χ2v) is 4.79. The molecule has 0 N–H and O–H groups in total. The third kappa shape index (κ3) is 3.57. The van der Waals surface area contributed by atoms with Crippen molar-refractivity contribution in [1.29, 1.82) is 0 Å². The fraction of sp³-hybridized carbons (Fsp3) is 0.538. The van der Waals surface area contributed by atoms with E-state index in [4.69, 9.17) is 0 Å². The smallest absolute Gasteiger partial charge is 0.225 e. The third-order valence-electron chi connectivity index (χ3n) is 3.15. The number of aromatic nitrogens is 2. The molecule has 1 aromatic rings. The largest absolute Gasteiger partial charge is 0.338 e. The second-order valence-electron chi connectivity index (χ2n) is 4.79. The summed E-state index contributed by atoms with van der Waals surface area (Å²) in [6.45, 7) is 6.88. The van der Waals surface area contributed by atoms with E-state index >= 15 is 0 Å². The van der Waals surface area contributed by atoms with Crippen molar-refractivity contribution >= 4 is 17.5 Å². The fourth-order valence-electron chi connectivity index (χ4n) is 2.09. The Morgan fingerprint density at radius 1 is 1.11 bits per heavy atom. The highest BCUT2D eigenvalue weighted by molar-refractivity contribution is 5.93. The number of hydrogen-bond acceptors (Lipinski definition) is 6. The van der Waals surface area contributed by atoms with Gasteiger partial charge in [0.25, 0.3) is 0 Å². The van der Waals surface area contributed by atoms with Gasteiger partial charge in [-0.1, -0.05) is 0 Å². The molecule has 0 saturated carbocycles. The summed E-state index contributed by atoms with van der Waals surface area (Å²) in [5, 5.41) is 0. The van der Waals surface area contributed by atoms with Crippen LogP contribution in [0.15, 0.2) is 12.4 Å². The molecule has 0 unspecified atom stereocenters. The molecule has 6 heteroatoms. The Morgan fingerprint density at radius 2 is 1.68 bits per heavy atom. The van der Waals surface area contributed by atoms with Crippen molar-refractivity contribution in [2.24, 2.45) is 0 Å². The van der Waals surface area contributed by atoms with Crippen molar-refractivity contribution in [1.82, 2.24) is 14.9 Å². The molecule has 1 aliphatic heterocycles. The van der Waals surface area contributed by atoms with E-state index in [1.807, 2.05) is 0 Å². The molecule has 6 nitrogen and oxygen atoms in total. The lowest BCUT2D eigenvalue weighted by Gasteiger charge is -2.34. The van der Waals surface area contributed by atoms with Crippen LogP contribution in [0.3, 0.4) is 0 Å². The van der Waals surface area contributed by atoms with Crippen LogP contribution in [0.25, 0.3) is 0 Å². The minimum atomic E-state index is -0.0298. The number of rotatable bonds is 4. The highest BCUT2D eigenvalue weighted by Crippen LogP contribution is 2.11. The summed E-state index contributed by atoms with van der Waals surface area (Å²) in [5.74, 6) is 0.806. The molecule has 0 atom stereocenters. The van der Waals surface area contributed by atoms with Gasteiger partial charge in [-0.2, -0.15) is 0 Å². The minimum absolute atomic E-state index is 0.0298. The molecule has 2 rings (SSSR count). The molecule has 0 spiro atoms. The van der Waals surface area contributed by atoms with Gasteiger partial charge in [-0.25, -0.2) is 9.97 Å². The van der Waals surface area contributed by atoms with Gasteiger partial charge >= 0.3 is 0 Å². The van der Waals surface area contributed by atoms with Gasteiger partial charge in [0, 0.05) is 38.6 Å². The zero-order valence-electron chi connectivity index (χ0n) is 11.3. The van der Waals surface area contributed by atoms with Gasteiger partial charge in [-0.15, -0.1) is 0 Å². The summed E-state index contributed by atoms with van der Waals surface area (Å²) >= 11 is 0. The lowest BCUT2D eigenvalue weighted by atomic mass is 10.2. The maximum Gasteiger partial charge on any atom is 0.225 e. The molecule has 0 aromatic carbocycles. The first-order valence-electron chi connectivity index (χ1n) is 6.36. The number of carbonyl (C=O) groups is 2. The summed E-state index contributed by atoms with van der Waals surface area (Å²) < 4.78 is 0. The highest BCUT2D eigenvalue weighted by atomic mass is 16.1. The normalized spacial score (nSPS) is 16.4. The number of piperazine rings is 1. The van der Waals surface area contributed by atoms with E-state index in [0.29, 0.717) is 18.1 Å².